The van der Waals surface area contributed by atoms with Crippen LogP contribution in [0.25, 0.3) is 0 Å². The van der Waals surface area contributed by atoms with E-state index in [-0.39, 0.29) is 31.4 Å². The molecule has 0 radical (unpaired) electrons. The van der Waals surface area contributed by atoms with Gasteiger partial charge in [0.1, 0.15) is 5.75 Å². The second kappa shape index (κ2) is 12.6. The number of hydrogen-bond acceptors (Lipinski definition) is 6. The number of nitrogens with zero attached hydrogens (tertiary/aromatic N) is 3. The van der Waals surface area contributed by atoms with Gasteiger partial charge in [0.2, 0.25) is 5.91 Å². The normalized spacial score (nSPS) is 17.7. The molecule has 0 aromatic heterocycles. The van der Waals surface area contributed by atoms with Gasteiger partial charge in [0.25, 0.3) is 11.8 Å². The summed E-state index contributed by atoms with van der Waals surface area (Å²) in [6.45, 7) is 2.11. The van der Waals surface area contributed by atoms with E-state index in [0.717, 1.165) is 5.56 Å². The number of hydrogen-bond donors (Lipinski definition) is 2. The van der Waals surface area contributed by atoms with Gasteiger partial charge in [-0.2, -0.15) is 0 Å². The van der Waals surface area contributed by atoms with Gasteiger partial charge in [-0.15, -0.1) is 0 Å². The van der Waals surface area contributed by atoms with Crippen LogP contribution in [0.3, 0.4) is 0 Å². The molecule has 2 aliphatic heterocycles. The first kappa shape index (κ1) is 30.8. The van der Waals surface area contributed by atoms with Crippen molar-refractivity contribution in [3.63, 3.8) is 0 Å². The Kier molecular flexibility index (Phi) is 8.44. The molecule has 2 heterocycles. The van der Waals surface area contributed by atoms with Crippen molar-refractivity contribution in [3.8, 4) is 11.5 Å². The highest BCUT2D eigenvalue weighted by molar-refractivity contribution is 6.15. The van der Waals surface area contributed by atoms with E-state index in [9.17, 15) is 24.6 Å². The fraction of sp³-hybridized carbons (Fsp3) is 0.216. The summed E-state index contributed by atoms with van der Waals surface area (Å²) in [6.07, 6.45) is 3.35. The maximum Gasteiger partial charge on any atom is 0.266 e. The lowest BCUT2D eigenvalue weighted by Gasteiger charge is -2.28. The summed E-state index contributed by atoms with van der Waals surface area (Å²) in [5, 5.41) is 21.6. The number of amides is 3. The van der Waals surface area contributed by atoms with Crippen LogP contribution in [0.2, 0.25) is 0 Å². The lowest BCUT2D eigenvalue weighted by molar-refractivity contribution is -0.139. The summed E-state index contributed by atoms with van der Waals surface area (Å²) < 4.78 is 6.13. The molecule has 3 amide bonds. The van der Waals surface area contributed by atoms with Crippen molar-refractivity contribution in [1.29, 1.82) is 0 Å². The van der Waals surface area contributed by atoms with E-state index < -0.39 is 17.4 Å². The number of carbonyl (C=O) groups excluding carboxylic acids is 3. The average molecular weight is 618 g/mol. The molecule has 0 aliphatic carbocycles. The van der Waals surface area contributed by atoms with Gasteiger partial charge >= 0.3 is 0 Å². The minimum absolute atomic E-state index is 0.0304. The van der Waals surface area contributed by atoms with Gasteiger partial charge in [-0.05, 0) is 48.0 Å². The topological polar surface area (TPSA) is 111 Å². The standard InChI is InChI=1S/C37H35N3O6/c1-25(11-10-18-34(42)39(21-22-41)24-26-12-4-3-5-13-26)37(45)29-23-27(19-20-30(29)38(2)36(37)44)40-31-15-7-9-17-33(31)46-32-16-8-6-14-28(32)35(40)43/h3-17,19-20,23,25,41,45H,18,21-22,24H2,1-2H3/b11-10+/t25-,37+/m0/s1. The second-order valence-electron chi connectivity index (χ2n) is 11.5. The summed E-state index contributed by atoms with van der Waals surface area (Å²) in [7, 11) is 1.60. The monoisotopic (exact) mass is 617 g/mol. The summed E-state index contributed by atoms with van der Waals surface area (Å²) in [5.41, 5.74) is 1.25. The van der Waals surface area contributed by atoms with E-state index in [1.54, 1.807) is 85.6 Å². The quantitative estimate of drug-likeness (QED) is 0.239. The molecule has 2 atom stereocenters. The first-order valence-corrected chi connectivity index (χ1v) is 15.2. The number of para-hydroxylation sites is 3. The smallest absolute Gasteiger partial charge is 0.266 e. The zero-order valence-corrected chi connectivity index (χ0v) is 25.7. The summed E-state index contributed by atoms with van der Waals surface area (Å²) >= 11 is 0. The van der Waals surface area contributed by atoms with Crippen molar-refractivity contribution in [2.75, 3.05) is 30.0 Å². The van der Waals surface area contributed by atoms with Crippen molar-refractivity contribution in [3.05, 3.63) is 126 Å². The summed E-state index contributed by atoms with van der Waals surface area (Å²) in [5.74, 6) is -0.797. The first-order chi connectivity index (χ1) is 22.2. The molecule has 0 unspecified atom stereocenters. The lowest BCUT2D eigenvalue weighted by atomic mass is 9.82. The van der Waals surface area contributed by atoms with Crippen molar-refractivity contribution < 1.29 is 29.3 Å². The molecule has 9 heteroatoms. The van der Waals surface area contributed by atoms with Crippen molar-refractivity contribution >= 4 is 34.8 Å². The third kappa shape index (κ3) is 5.44. The molecule has 0 spiro atoms. The summed E-state index contributed by atoms with van der Waals surface area (Å²) in [4.78, 5) is 45.2. The highest BCUT2D eigenvalue weighted by atomic mass is 16.5. The number of benzene rings is 4. The highest BCUT2D eigenvalue weighted by Crippen LogP contribution is 2.48. The van der Waals surface area contributed by atoms with Crippen LogP contribution >= 0.6 is 0 Å². The number of aliphatic hydroxyl groups is 2. The fourth-order valence-electron chi connectivity index (χ4n) is 6.10. The van der Waals surface area contributed by atoms with Gasteiger partial charge in [-0.3, -0.25) is 19.3 Å². The molecule has 2 aliphatic rings. The summed E-state index contributed by atoms with van der Waals surface area (Å²) in [6, 6.07) is 28.9. The van der Waals surface area contributed by atoms with Gasteiger partial charge in [-0.1, -0.05) is 73.7 Å². The predicted molar refractivity (Wildman–Crippen MR) is 175 cm³/mol. The molecule has 2 N–H and O–H groups in total. The molecule has 9 nitrogen and oxygen atoms in total. The zero-order chi connectivity index (χ0) is 32.4. The van der Waals surface area contributed by atoms with Crippen LogP contribution in [0.1, 0.15) is 34.8 Å². The molecule has 4 aromatic rings. The largest absolute Gasteiger partial charge is 0.454 e. The Hall–Kier alpha value is -5.25. The van der Waals surface area contributed by atoms with Gasteiger partial charge in [0, 0.05) is 43.7 Å². The molecule has 4 aromatic carbocycles. The minimum atomic E-state index is -1.95. The molecule has 0 saturated heterocycles. The number of rotatable bonds is 9. The van der Waals surface area contributed by atoms with E-state index >= 15 is 0 Å². The molecule has 0 fully saturated rings. The van der Waals surface area contributed by atoms with E-state index in [1.165, 1.54) is 9.80 Å². The first-order valence-electron chi connectivity index (χ1n) is 15.2. The van der Waals surface area contributed by atoms with Crippen molar-refractivity contribution in [2.45, 2.75) is 25.5 Å². The van der Waals surface area contributed by atoms with Crippen LogP contribution in [-0.4, -0.2) is 53.0 Å². The highest BCUT2D eigenvalue weighted by Gasteiger charge is 2.51. The van der Waals surface area contributed by atoms with Gasteiger partial charge < -0.3 is 24.7 Å². The Morgan fingerprint density at radius 1 is 0.935 bits per heavy atom. The second-order valence-corrected chi connectivity index (χ2v) is 11.5. The number of aliphatic hydroxyl groups excluding tert-OH is 1. The average Bonchev–Trinajstić information content (AvgIpc) is 3.18. The van der Waals surface area contributed by atoms with Gasteiger partial charge in [-0.25, -0.2) is 0 Å². The molecular weight excluding hydrogens is 582 g/mol. The SMILES string of the molecule is C[C@@H](/C=C/CC(=O)N(CCO)Cc1ccccc1)[C@]1(O)C(=O)N(C)c2ccc(N3C(=O)c4ccccc4Oc4ccccc43)cc21. The van der Waals surface area contributed by atoms with Crippen LogP contribution in [0.4, 0.5) is 17.1 Å². The van der Waals surface area contributed by atoms with E-state index in [2.05, 4.69) is 0 Å². The third-order valence-corrected chi connectivity index (χ3v) is 8.60. The van der Waals surface area contributed by atoms with Crippen LogP contribution in [0.15, 0.2) is 109 Å². The van der Waals surface area contributed by atoms with E-state index in [0.29, 0.717) is 46.2 Å². The number of likely N-dealkylation sites (N-methyl/N-ethyl adjacent to an activating group) is 1. The lowest BCUT2D eigenvalue weighted by Crippen LogP contribution is -2.43. The third-order valence-electron chi connectivity index (χ3n) is 8.60. The Bertz CT molecular complexity index is 1820. The molecular formula is C37H35N3O6. The predicted octanol–water partition coefficient (Wildman–Crippen LogP) is 5.54. The Morgan fingerprint density at radius 3 is 2.39 bits per heavy atom. The van der Waals surface area contributed by atoms with Crippen LogP contribution in [0, 0.1) is 5.92 Å². The molecule has 6 rings (SSSR count). The molecule has 0 bridgehead atoms. The molecule has 46 heavy (non-hydrogen) atoms. The van der Waals surface area contributed by atoms with Crippen LogP contribution < -0.4 is 14.5 Å². The van der Waals surface area contributed by atoms with E-state index in [1.807, 2.05) is 42.5 Å². The van der Waals surface area contributed by atoms with Gasteiger partial charge in [0.05, 0.1) is 23.5 Å². The van der Waals surface area contributed by atoms with Crippen LogP contribution in [-0.2, 0) is 21.7 Å². The Labute approximate surface area is 267 Å². The zero-order valence-electron chi connectivity index (χ0n) is 25.7. The maximum absolute atomic E-state index is 14.0. The Balaban J connectivity index is 1.30. The van der Waals surface area contributed by atoms with Crippen LogP contribution in [0.5, 0.6) is 11.5 Å². The Morgan fingerprint density at radius 2 is 1.63 bits per heavy atom. The maximum atomic E-state index is 14.0. The van der Waals surface area contributed by atoms with Crippen molar-refractivity contribution in [1.82, 2.24) is 4.90 Å². The molecule has 0 saturated carbocycles. The number of carbonyl (C=O) groups is 3. The van der Waals surface area contributed by atoms with Crippen molar-refractivity contribution in [2.24, 2.45) is 5.92 Å². The molecule has 234 valence electrons. The fourth-order valence-corrected chi connectivity index (χ4v) is 6.10. The van der Waals surface area contributed by atoms with E-state index in [4.69, 9.17) is 4.74 Å². The number of fused-ring (bicyclic) bond motifs is 3. The van der Waals surface area contributed by atoms with Gasteiger partial charge in [0.15, 0.2) is 11.4 Å². The number of anilines is 3. The minimum Gasteiger partial charge on any atom is -0.454 e. The number of ether oxygens (including phenoxy) is 1.